The highest BCUT2D eigenvalue weighted by atomic mass is 16.6. The summed E-state index contributed by atoms with van der Waals surface area (Å²) in [6.07, 6.45) is -2.72. The number of fused-ring (bicyclic) bond motifs is 1. The molecule has 2 heterocycles. The lowest BCUT2D eigenvalue weighted by Crippen LogP contribution is -2.58. The van der Waals surface area contributed by atoms with E-state index in [1.54, 1.807) is 6.07 Å². The summed E-state index contributed by atoms with van der Waals surface area (Å²) in [5, 5.41) is 0.205. The molecular weight excluding hydrogens is 1000 g/mol. The molecule has 0 saturated carbocycles. The van der Waals surface area contributed by atoms with E-state index in [2.05, 4.69) is 0 Å². The van der Waals surface area contributed by atoms with E-state index in [0.717, 1.165) is 38.9 Å². The highest BCUT2D eigenvalue weighted by molar-refractivity contribution is 5.91. The SMILES string of the molecule is O=c1c(-c2ccc(OCc3ccccc3)cc2)coc2c([C@@H]3O[C@H](COCc4ccccc4)[C@@H](OCc4ccccc4)[C@H](OCc4ccccc4)[C@H]3OCc3ccccc3)c(OCc3ccccc3)cc(OCc3ccccc3)c12. The first-order valence-corrected chi connectivity index (χ1v) is 27.1. The number of benzene rings is 9. The summed E-state index contributed by atoms with van der Waals surface area (Å²) >= 11 is 0. The van der Waals surface area contributed by atoms with Gasteiger partial charge in [-0.15, -0.1) is 0 Å². The molecule has 10 heteroatoms. The lowest BCUT2D eigenvalue weighted by molar-refractivity contribution is -0.275. The van der Waals surface area contributed by atoms with Gasteiger partial charge in [0.15, 0.2) is 5.58 Å². The average Bonchev–Trinajstić information content (AvgIpc) is 3.53. The van der Waals surface area contributed by atoms with Gasteiger partial charge in [-0.3, -0.25) is 4.79 Å². The quantitative estimate of drug-likeness (QED) is 0.0581. The fraction of sp³-hybridized carbons (Fsp3) is 0.186. The molecule has 0 amide bonds. The van der Waals surface area contributed by atoms with Crippen LogP contribution in [-0.2, 0) is 69.9 Å². The van der Waals surface area contributed by atoms with Crippen LogP contribution in [0.1, 0.15) is 50.6 Å². The summed E-state index contributed by atoms with van der Waals surface area (Å²) in [7, 11) is 0. The third-order valence-corrected chi connectivity index (χ3v) is 14.1. The van der Waals surface area contributed by atoms with Crippen molar-refractivity contribution in [3.8, 4) is 28.4 Å². The topological polar surface area (TPSA) is 104 Å². The largest absolute Gasteiger partial charge is 0.489 e. The molecule has 0 bridgehead atoms. The second-order valence-electron chi connectivity index (χ2n) is 19.7. The Labute approximate surface area is 466 Å². The van der Waals surface area contributed by atoms with Gasteiger partial charge in [-0.05, 0) is 56.6 Å². The molecule has 0 spiro atoms. The maximum atomic E-state index is 15.7. The van der Waals surface area contributed by atoms with E-state index < -0.39 is 30.5 Å². The van der Waals surface area contributed by atoms with E-state index in [-0.39, 0.29) is 61.8 Å². The minimum Gasteiger partial charge on any atom is -0.489 e. The van der Waals surface area contributed by atoms with Crippen molar-refractivity contribution in [1.29, 1.82) is 0 Å². The monoisotopic (exact) mass is 1060 g/mol. The molecule has 9 aromatic carbocycles. The first-order chi connectivity index (χ1) is 39.6. The van der Waals surface area contributed by atoms with Crippen LogP contribution in [-0.4, -0.2) is 31.0 Å². The number of hydrogen-bond donors (Lipinski definition) is 0. The minimum atomic E-state index is -1.02. The fourth-order valence-electron chi connectivity index (χ4n) is 9.94. The lowest BCUT2D eigenvalue weighted by Gasteiger charge is -2.46. The Morgan fingerprint density at radius 1 is 0.388 bits per heavy atom. The second kappa shape index (κ2) is 26.8. The van der Waals surface area contributed by atoms with Gasteiger partial charge in [0.25, 0.3) is 0 Å². The standard InChI is InChI=1S/C70H62O10/c71-65-59(57-36-38-58(39-37-57)73-42-51-24-10-2-11-25-51)48-79-67-63(65)60(74-43-52-26-12-3-13-27-52)40-61(75-44-53-28-14-4-15-29-53)64(67)68-70(78-47-56-34-20-7-21-35-56)69(77-46-55-32-18-6-19-33-55)66(76-45-54-30-16-5-17-31-54)62(80-68)49-72-41-50-22-8-1-9-23-50/h1-40,48,62,66,68-70H,41-47,49H2/t62-,66-,68+,69+,70+/m1/s1. The molecule has 0 radical (unpaired) electrons. The lowest BCUT2D eigenvalue weighted by atomic mass is 9.88. The zero-order valence-corrected chi connectivity index (χ0v) is 44.3. The molecule has 10 nitrogen and oxygen atoms in total. The summed E-state index contributed by atoms with van der Waals surface area (Å²) in [5.41, 5.74) is 8.05. The van der Waals surface area contributed by atoms with E-state index in [0.29, 0.717) is 41.4 Å². The Balaban J connectivity index is 1.08. The van der Waals surface area contributed by atoms with Crippen LogP contribution >= 0.6 is 0 Å². The zero-order valence-electron chi connectivity index (χ0n) is 44.3. The van der Waals surface area contributed by atoms with Gasteiger partial charge >= 0.3 is 0 Å². The zero-order chi connectivity index (χ0) is 54.1. The molecule has 0 unspecified atom stereocenters. The average molecular weight is 1060 g/mol. The second-order valence-corrected chi connectivity index (χ2v) is 19.7. The van der Waals surface area contributed by atoms with E-state index >= 15 is 4.79 Å². The third-order valence-electron chi connectivity index (χ3n) is 14.1. The molecule has 0 aliphatic carbocycles. The Hall–Kier alpha value is -8.61. The van der Waals surface area contributed by atoms with Crippen LogP contribution in [0, 0.1) is 0 Å². The molecule has 1 aliphatic heterocycles. The molecule has 1 aliphatic rings. The van der Waals surface area contributed by atoms with Crippen molar-refractivity contribution in [1.82, 2.24) is 0 Å². The van der Waals surface area contributed by atoms with Crippen LogP contribution in [0.3, 0.4) is 0 Å². The molecule has 0 N–H and O–H groups in total. The van der Waals surface area contributed by atoms with Gasteiger partial charge in [-0.25, -0.2) is 0 Å². The van der Waals surface area contributed by atoms with Crippen LogP contribution in [0.25, 0.3) is 22.1 Å². The Bertz CT molecular complexity index is 3530. The van der Waals surface area contributed by atoms with Crippen LogP contribution in [0.2, 0.25) is 0 Å². The summed E-state index contributed by atoms with van der Waals surface area (Å²) in [5.74, 6) is 1.30. The highest BCUT2D eigenvalue weighted by Gasteiger charge is 2.51. The van der Waals surface area contributed by atoms with Crippen LogP contribution in [0.4, 0.5) is 0 Å². The van der Waals surface area contributed by atoms with E-state index in [1.165, 1.54) is 6.26 Å². The molecule has 11 rings (SSSR count). The van der Waals surface area contributed by atoms with Gasteiger partial charge in [0.05, 0.1) is 44.2 Å². The van der Waals surface area contributed by atoms with Crippen LogP contribution < -0.4 is 19.6 Å². The number of hydrogen-bond acceptors (Lipinski definition) is 10. The van der Waals surface area contributed by atoms with Gasteiger partial charge in [0.1, 0.15) is 79.2 Å². The highest BCUT2D eigenvalue weighted by Crippen LogP contribution is 2.47. The first kappa shape index (κ1) is 53.4. The maximum absolute atomic E-state index is 15.7. The van der Waals surface area contributed by atoms with Crippen molar-refractivity contribution in [2.75, 3.05) is 6.61 Å². The minimum absolute atomic E-state index is 0.108. The molecule has 402 valence electrons. The predicted octanol–water partition coefficient (Wildman–Crippen LogP) is 14.6. The molecule has 1 saturated heterocycles. The van der Waals surface area contributed by atoms with Crippen LogP contribution in [0.15, 0.2) is 258 Å². The molecule has 5 atom stereocenters. The van der Waals surface area contributed by atoms with Gasteiger partial charge < -0.3 is 42.3 Å². The molecule has 80 heavy (non-hydrogen) atoms. The molecular formula is C70H62O10. The van der Waals surface area contributed by atoms with E-state index in [1.807, 2.05) is 237 Å². The van der Waals surface area contributed by atoms with Crippen molar-refractivity contribution in [3.63, 3.8) is 0 Å². The van der Waals surface area contributed by atoms with Gasteiger partial charge in [-0.1, -0.05) is 224 Å². The van der Waals surface area contributed by atoms with Crippen molar-refractivity contribution in [2.45, 2.75) is 76.8 Å². The van der Waals surface area contributed by atoms with Crippen molar-refractivity contribution in [3.05, 3.63) is 304 Å². The summed E-state index contributed by atoms with van der Waals surface area (Å²) in [6, 6.07) is 79.0. The number of ether oxygens (including phenoxy) is 8. The summed E-state index contributed by atoms with van der Waals surface area (Å²) < 4.78 is 62.5. The predicted molar refractivity (Wildman–Crippen MR) is 309 cm³/mol. The van der Waals surface area contributed by atoms with Crippen molar-refractivity contribution in [2.24, 2.45) is 0 Å². The third kappa shape index (κ3) is 13.6. The van der Waals surface area contributed by atoms with Crippen molar-refractivity contribution < 1.29 is 42.3 Å². The van der Waals surface area contributed by atoms with Crippen molar-refractivity contribution >= 4 is 11.0 Å². The normalized spacial score (nSPS) is 17.0. The summed E-state index contributed by atoms with van der Waals surface area (Å²) in [6.45, 7) is 1.82. The summed E-state index contributed by atoms with van der Waals surface area (Å²) in [4.78, 5) is 15.7. The first-order valence-electron chi connectivity index (χ1n) is 27.1. The molecule has 10 aromatic rings. The smallest absolute Gasteiger partial charge is 0.204 e. The number of rotatable bonds is 24. The van der Waals surface area contributed by atoms with Gasteiger partial charge in [-0.2, -0.15) is 0 Å². The van der Waals surface area contributed by atoms with Gasteiger partial charge in [0.2, 0.25) is 5.43 Å². The molecule has 1 aromatic heterocycles. The maximum Gasteiger partial charge on any atom is 0.204 e. The van der Waals surface area contributed by atoms with Gasteiger partial charge in [0, 0.05) is 6.07 Å². The van der Waals surface area contributed by atoms with Crippen LogP contribution in [0.5, 0.6) is 17.2 Å². The Morgan fingerprint density at radius 2 is 0.787 bits per heavy atom. The van der Waals surface area contributed by atoms with E-state index in [4.69, 9.17) is 42.3 Å². The molecule has 1 fully saturated rings. The Morgan fingerprint density at radius 3 is 1.26 bits per heavy atom. The van der Waals surface area contributed by atoms with E-state index in [9.17, 15) is 0 Å². The fourth-order valence-corrected chi connectivity index (χ4v) is 9.94. The Kier molecular flexibility index (Phi) is 17.9.